The van der Waals surface area contributed by atoms with E-state index in [4.69, 9.17) is 0 Å². The fourth-order valence-electron chi connectivity index (χ4n) is 1.29. The van der Waals surface area contributed by atoms with Gasteiger partial charge in [0.1, 0.15) is 0 Å². The molecule has 3 N–H and O–H groups in total. The molecule has 0 aliphatic heterocycles. The molecule has 0 aromatic carbocycles. The van der Waals surface area contributed by atoms with E-state index >= 15 is 0 Å². The van der Waals surface area contributed by atoms with Crippen LogP contribution in [0.1, 0.15) is 12.6 Å². The van der Waals surface area contributed by atoms with E-state index in [9.17, 15) is 8.42 Å². The van der Waals surface area contributed by atoms with Gasteiger partial charge in [0.25, 0.3) is 0 Å². The Balaban J connectivity index is 2.36. The van der Waals surface area contributed by atoms with E-state index in [-0.39, 0.29) is 0 Å². The molecule has 16 heavy (non-hydrogen) atoms. The molecule has 6 nitrogen and oxygen atoms in total. The lowest BCUT2D eigenvalue weighted by Crippen LogP contribution is -2.38. The zero-order valence-electron chi connectivity index (χ0n) is 9.53. The van der Waals surface area contributed by atoms with Crippen LogP contribution in [-0.4, -0.2) is 43.8 Å². The van der Waals surface area contributed by atoms with E-state index in [1.165, 1.54) is 0 Å². The largest absolute Gasteiger partial charge is 0.348 e. The molecule has 1 heterocycles. The number of aromatic amines is 1. The number of nitrogens with one attached hydrogen (secondary N) is 3. The Bertz CT molecular complexity index is 388. The molecule has 0 spiro atoms. The number of hydrogen-bond acceptors (Lipinski definition) is 4. The van der Waals surface area contributed by atoms with Crippen molar-refractivity contribution in [2.75, 3.05) is 20.1 Å². The fourth-order valence-corrected chi connectivity index (χ4v) is 2.35. The van der Waals surface area contributed by atoms with Gasteiger partial charge in [-0.15, -0.1) is 0 Å². The Morgan fingerprint density at radius 3 is 2.88 bits per heavy atom. The number of imidazole rings is 1. The first kappa shape index (κ1) is 13.1. The minimum Gasteiger partial charge on any atom is -0.348 e. The molecule has 0 fully saturated rings. The van der Waals surface area contributed by atoms with Gasteiger partial charge in [0.2, 0.25) is 10.0 Å². The minimum atomic E-state index is -3.22. The number of hydrogen-bond donors (Lipinski definition) is 3. The van der Waals surface area contributed by atoms with Crippen LogP contribution in [0.2, 0.25) is 0 Å². The first-order chi connectivity index (χ1) is 7.56. The molecule has 1 rings (SSSR count). The lowest BCUT2D eigenvalue weighted by molar-refractivity contribution is 0.563. The number of nitrogens with zero attached hydrogens (tertiary/aromatic N) is 1. The molecular weight excluding hydrogens is 228 g/mol. The summed E-state index contributed by atoms with van der Waals surface area (Å²) in [7, 11) is -1.49. The van der Waals surface area contributed by atoms with E-state index in [0.717, 1.165) is 5.69 Å². The summed E-state index contributed by atoms with van der Waals surface area (Å²) in [4.78, 5) is 6.78. The molecule has 0 radical (unpaired) electrons. The number of aromatic nitrogens is 2. The number of H-pyrrole nitrogens is 1. The summed E-state index contributed by atoms with van der Waals surface area (Å²) in [6.45, 7) is 2.51. The summed E-state index contributed by atoms with van der Waals surface area (Å²) in [5.41, 5.74) is 0.920. The van der Waals surface area contributed by atoms with Gasteiger partial charge in [0, 0.05) is 31.4 Å². The molecule has 0 bridgehead atoms. The van der Waals surface area contributed by atoms with Gasteiger partial charge >= 0.3 is 0 Å². The third kappa shape index (κ3) is 3.92. The first-order valence-corrected chi connectivity index (χ1v) is 6.71. The zero-order chi connectivity index (χ0) is 12.0. The molecule has 1 aromatic heterocycles. The summed E-state index contributed by atoms with van der Waals surface area (Å²) < 4.78 is 25.9. The lowest BCUT2D eigenvalue weighted by atomic mass is 10.3. The Morgan fingerprint density at radius 1 is 1.56 bits per heavy atom. The minimum absolute atomic E-state index is 0.387. The molecule has 1 atom stereocenters. The molecule has 0 aliphatic rings. The average Bonchev–Trinajstić information content (AvgIpc) is 2.70. The predicted octanol–water partition coefficient (Wildman–Crippen LogP) is -0.520. The monoisotopic (exact) mass is 246 g/mol. The van der Waals surface area contributed by atoms with Gasteiger partial charge < -0.3 is 10.3 Å². The molecule has 0 saturated heterocycles. The molecular formula is C9H18N4O2S. The van der Waals surface area contributed by atoms with Gasteiger partial charge in [0.05, 0.1) is 11.6 Å². The van der Waals surface area contributed by atoms with Crippen molar-refractivity contribution in [2.45, 2.75) is 18.6 Å². The summed E-state index contributed by atoms with van der Waals surface area (Å²) in [6, 6.07) is 0. The molecule has 0 aliphatic carbocycles. The van der Waals surface area contributed by atoms with E-state index in [1.54, 1.807) is 26.5 Å². The predicted molar refractivity (Wildman–Crippen MR) is 62.6 cm³/mol. The fraction of sp³-hybridized carbons (Fsp3) is 0.667. The van der Waals surface area contributed by atoms with Crippen molar-refractivity contribution in [1.29, 1.82) is 0 Å². The smallest absolute Gasteiger partial charge is 0.215 e. The third-order valence-corrected chi connectivity index (χ3v) is 4.11. The van der Waals surface area contributed by atoms with E-state index < -0.39 is 15.3 Å². The molecule has 1 unspecified atom stereocenters. The SMILES string of the molecule is CNCC(C)S(=O)(=O)NCCc1cnc[nH]1. The van der Waals surface area contributed by atoms with Gasteiger partial charge in [-0.2, -0.15) is 0 Å². The Kier molecular flexibility index (Phi) is 4.91. The highest BCUT2D eigenvalue weighted by atomic mass is 32.2. The van der Waals surface area contributed by atoms with Crippen LogP contribution in [0.3, 0.4) is 0 Å². The van der Waals surface area contributed by atoms with Crippen LogP contribution in [0.15, 0.2) is 12.5 Å². The highest BCUT2D eigenvalue weighted by molar-refractivity contribution is 7.90. The zero-order valence-corrected chi connectivity index (χ0v) is 10.3. The standard InChI is InChI=1S/C9H18N4O2S/c1-8(5-10-2)16(14,15)13-4-3-9-6-11-7-12-9/h6-8,10,13H,3-5H2,1-2H3,(H,11,12). The summed E-state index contributed by atoms with van der Waals surface area (Å²) in [6.07, 6.45) is 3.88. The maximum absolute atomic E-state index is 11.7. The highest BCUT2D eigenvalue weighted by Crippen LogP contribution is 1.97. The Morgan fingerprint density at radius 2 is 2.31 bits per heavy atom. The van der Waals surface area contributed by atoms with E-state index in [0.29, 0.717) is 19.5 Å². The van der Waals surface area contributed by atoms with Gasteiger partial charge in [0.15, 0.2) is 0 Å². The van der Waals surface area contributed by atoms with Crippen LogP contribution in [0.5, 0.6) is 0 Å². The second-order valence-corrected chi connectivity index (χ2v) is 5.82. The van der Waals surface area contributed by atoms with E-state index in [2.05, 4.69) is 20.0 Å². The van der Waals surface area contributed by atoms with Crippen molar-refractivity contribution in [3.8, 4) is 0 Å². The molecule has 0 amide bonds. The second-order valence-electron chi connectivity index (χ2n) is 3.63. The van der Waals surface area contributed by atoms with Crippen LogP contribution >= 0.6 is 0 Å². The maximum Gasteiger partial charge on any atom is 0.215 e. The average molecular weight is 246 g/mol. The number of sulfonamides is 1. The van der Waals surface area contributed by atoms with E-state index in [1.807, 2.05) is 0 Å². The van der Waals surface area contributed by atoms with Crippen molar-refractivity contribution >= 4 is 10.0 Å². The van der Waals surface area contributed by atoms with Crippen LogP contribution in [0, 0.1) is 0 Å². The summed E-state index contributed by atoms with van der Waals surface area (Å²) >= 11 is 0. The molecule has 92 valence electrons. The lowest BCUT2D eigenvalue weighted by Gasteiger charge is -2.12. The van der Waals surface area contributed by atoms with Gasteiger partial charge in [-0.05, 0) is 14.0 Å². The van der Waals surface area contributed by atoms with Crippen molar-refractivity contribution in [3.63, 3.8) is 0 Å². The highest BCUT2D eigenvalue weighted by Gasteiger charge is 2.18. The maximum atomic E-state index is 11.7. The molecule has 7 heteroatoms. The molecule has 1 aromatic rings. The normalized spacial score (nSPS) is 13.9. The van der Waals surface area contributed by atoms with Crippen molar-refractivity contribution in [1.82, 2.24) is 20.0 Å². The van der Waals surface area contributed by atoms with Gasteiger partial charge in [-0.1, -0.05) is 0 Å². The van der Waals surface area contributed by atoms with Crippen LogP contribution in [0.25, 0.3) is 0 Å². The summed E-state index contributed by atoms with van der Waals surface area (Å²) in [5.74, 6) is 0. The second kappa shape index (κ2) is 5.97. The third-order valence-electron chi connectivity index (χ3n) is 2.27. The Labute approximate surface area is 95.9 Å². The van der Waals surface area contributed by atoms with Gasteiger partial charge in [-0.3, -0.25) is 0 Å². The van der Waals surface area contributed by atoms with Gasteiger partial charge in [-0.25, -0.2) is 18.1 Å². The molecule has 0 saturated carbocycles. The van der Waals surface area contributed by atoms with Crippen LogP contribution in [0.4, 0.5) is 0 Å². The number of rotatable bonds is 7. The van der Waals surface area contributed by atoms with Crippen LogP contribution < -0.4 is 10.0 Å². The topological polar surface area (TPSA) is 86.9 Å². The summed E-state index contributed by atoms with van der Waals surface area (Å²) in [5, 5.41) is 2.41. The van der Waals surface area contributed by atoms with Crippen molar-refractivity contribution in [3.05, 3.63) is 18.2 Å². The van der Waals surface area contributed by atoms with Crippen molar-refractivity contribution in [2.24, 2.45) is 0 Å². The Hall–Kier alpha value is -0.920. The van der Waals surface area contributed by atoms with Crippen molar-refractivity contribution < 1.29 is 8.42 Å². The quantitative estimate of drug-likeness (QED) is 0.604. The first-order valence-electron chi connectivity index (χ1n) is 5.16. The van der Waals surface area contributed by atoms with Crippen LogP contribution in [-0.2, 0) is 16.4 Å².